The van der Waals surface area contributed by atoms with E-state index >= 15 is 0 Å². The van der Waals surface area contributed by atoms with Gasteiger partial charge in [-0.05, 0) is 57.4 Å². The fourth-order valence-corrected chi connectivity index (χ4v) is 3.42. The molecule has 1 aromatic carbocycles. The van der Waals surface area contributed by atoms with Gasteiger partial charge in [0.1, 0.15) is 6.04 Å². The van der Waals surface area contributed by atoms with E-state index in [1.54, 1.807) is 29.4 Å². The zero-order valence-electron chi connectivity index (χ0n) is 16.6. The molecule has 146 valence electrons. The summed E-state index contributed by atoms with van der Waals surface area (Å²) in [6, 6.07) is 9.89. The van der Waals surface area contributed by atoms with E-state index in [1.165, 1.54) is 10.7 Å². The largest absolute Gasteiger partial charge is 0.324 e. The molecule has 0 bridgehead atoms. The molecule has 2 aromatic heterocycles. The van der Waals surface area contributed by atoms with E-state index in [1.807, 2.05) is 51.4 Å². The summed E-state index contributed by atoms with van der Waals surface area (Å²) in [5.74, 6) is -0.303. The van der Waals surface area contributed by atoms with Gasteiger partial charge in [0, 0.05) is 35.0 Å². The van der Waals surface area contributed by atoms with Gasteiger partial charge in [-0.2, -0.15) is 10.2 Å². The maximum Gasteiger partial charge on any atom is 0.267 e. The standard InChI is InChI=1S/C20H23N5O2S/c1-12-19(13(2)24(4)22-12)17-10-11-18(26)25(23-17)14(3)20(27)21-15-6-8-16(28-5)9-7-15/h6-11,14H,1-5H3,(H,21,27)/t14-/m1/s1. The molecule has 0 radical (unpaired) electrons. The predicted octanol–water partition coefficient (Wildman–Crippen LogP) is 3.18. The first-order chi connectivity index (χ1) is 13.3. The summed E-state index contributed by atoms with van der Waals surface area (Å²) in [5, 5.41) is 11.7. The Morgan fingerprint density at radius 2 is 1.79 bits per heavy atom. The van der Waals surface area contributed by atoms with Crippen molar-refractivity contribution in [3.63, 3.8) is 0 Å². The number of nitrogens with one attached hydrogen (secondary N) is 1. The van der Waals surface area contributed by atoms with Gasteiger partial charge < -0.3 is 5.32 Å². The molecule has 8 heteroatoms. The van der Waals surface area contributed by atoms with Crippen LogP contribution in [0.25, 0.3) is 11.3 Å². The summed E-state index contributed by atoms with van der Waals surface area (Å²) in [5.41, 5.74) is 3.61. The lowest BCUT2D eigenvalue weighted by Gasteiger charge is -2.15. The minimum Gasteiger partial charge on any atom is -0.324 e. The number of carbonyl (C=O) groups is 1. The summed E-state index contributed by atoms with van der Waals surface area (Å²) >= 11 is 1.63. The number of nitrogens with zero attached hydrogens (tertiary/aromatic N) is 4. The minimum atomic E-state index is -0.759. The van der Waals surface area contributed by atoms with Crippen LogP contribution in [0.15, 0.2) is 46.1 Å². The molecule has 0 aliphatic heterocycles. The highest BCUT2D eigenvalue weighted by atomic mass is 32.2. The molecule has 1 amide bonds. The Balaban J connectivity index is 1.89. The smallest absolute Gasteiger partial charge is 0.267 e. The van der Waals surface area contributed by atoms with E-state index in [0.717, 1.165) is 21.8 Å². The number of rotatable bonds is 5. The Morgan fingerprint density at radius 3 is 2.36 bits per heavy atom. The Morgan fingerprint density at radius 1 is 1.11 bits per heavy atom. The third-order valence-electron chi connectivity index (χ3n) is 4.69. The van der Waals surface area contributed by atoms with Crippen LogP contribution >= 0.6 is 11.8 Å². The molecule has 0 saturated carbocycles. The molecule has 7 nitrogen and oxygen atoms in total. The Labute approximate surface area is 167 Å². The van der Waals surface area contributed by atoms with Crippen molar-refractivity contribution in [2.24, 2.45) is 7.05 Å². The number of amides is 1. The lowest BCUT2D eigenvalue weighted by molar-refractivity contribution is -0.119. The summed E-state index contributed by atoms with van der Waals surface area (Å²) in [4.78, 5) is 26.1. The molecule has 3 aromatic rings. The van der Waals surface area contributed by atoms with E-state index in [0.29, 0.717) is 11.4 Å². The van der Waals surface area contributed by atoms with Crippen molar-refractivity contribution in [1.82, 2.24) is 19.6 Å². The fourth-order valence-electron chi connectivity index (χ4n) is 3.01. The molecule has 1 N–H and O–H groups in total. The SMILES string of the molecule is CSc1ccc(NC(=O)[C@@H](C)n2nc(-c3c(C)nn(C)c3C)ccc2=O)cc1. The van der Waals surface area contributed by atoms with Crippen LogP contribution < -0.4 is 10.9 Å². The highest BCUT2D eigenvalue weighted by Gasteiger charge is 2.20. The average molecular weight is 398 g/mol. The number of anilines is 1. The van der Waals surface area contributed by atoms with E-state index in [2.05, 4.69) is 15.5 Å². The maximum absolute atomic E-state index is 12.7. The normalized spacial score (nSPS) is 12.0. The quantitative estimate of drug-likeness (QED) is 0.669. The van der Waals surface area contributed by atoms with Gasteiger partial charge in [0.25, 0.3) is 5.56 Å². The summed E-state index contributed by atoms with van der Waals surface area (Å²) in [6.07, 6.45) is 1.99. The molecule has 0 saturated heterocycles. The second-order valence-electron chi connectivity index (χ2n) is 6.56. The van der Waals surface area contributed by atoms with Crippen molar-refractivity contribution in [1.29, 1.82) is 0 Å². The summed E-state index contributed by atoms with van der Waals surface area (Å²) in [6.45, 7) is 5.50. The van der Waals surface area contributed by atoms with Crippen LogP contribution in [-0.4, -0.2) is 31.7 Å². The van der Waals surface area contributed by atoms with E-state index < -0.39 is 6.04 Å². The van der Waals surface area contributed by atoms with Crippen molar-refractivity contribution in [2.45, 2.75) is 31.7 Å². The van der Waals surface area contributed by atoms with Crippen molar-refractivity contribution < 1.29 is 4.79 Å². The second-order valence-corrected chi connectivity index (χ2v) is 7.44. The second kappa shape index (κ2) is 8.02. The molecule has 1 atom stereocenters. The predicted molar refractivity (Wildman–Crippen MR) is 112 cm³/mol. The zero-order chi connectivity index (χ0) is 20.4. The van der Waals surface area contributed by atoms with Gasteiger partial charge in [-0.1, -0.05) is 0 Å². The van der Waals surface area contributed by atoms with Crippen LogP contribution in [0.2, 0.25) is 0 Å². The number of carbonyl (C=O) groups excluding carboxylic acids is 1. The lowest BCUT2D eigenvalue weighted by atomic mass is 10.1. The Kier molecular flexibility index (Phi) is 5.69. The van der Waals surface area contributed by atoms with Gasteiger partial charge in [0.15, 0.2) is 0 Å². The number of thioether (sulfide) groups is 1. The first-order valence-corrected chi connectivity index (χ1v) is 10.1. The third kappa shape index (κ3) is 3.87. The van der Waals surface area contributed by atoms with Gasteiger partial charge >= 0.3 is 0 Å². The fraction of sp³-hybridized carbons (Fsp3) is 0.300. The zero-order valence-corrected chi connectivity index (χ0v) is 17.4. The number of benzene rings is 1. The van der Waals surface area contributed by atoms with Gasteiger partial charge in [0.2, 0.25) is 5.91 Å². The highest BCUT2D eigenvalue weighted by Crippen LogP contribution is 2.24. The molecule has 0 unspecified atom stereocenters. The molecular weight excluding hydrogens is 374 g/mol. The van der Waals surface area contributed by atoms with Gasteiger partial charge in [-0.25, -0.2) is 4.68 Å². The molecule has 28 heavy (non-hydrogen) atoms. The first kappa shape index (κ1) is 19.9. The Bertz CT molecular complexity index is 1070. The Hall–Kier alpha value is -2.87. The van der Waals surface area contributed by atoms with Crippen LogP contribution in [0.4, 0.5) is 5.69 Å². The molecule has 0 fully saturated rings. The van der Waals surface area contributed by atoms with Crippen molar-refractivity contribution in [3.8, 4) is 11.3 Å². The van der Waals surface area contributed by atoms with Crippen LogP contribution in [-0.2, 0) is 11.8 Å². The molecule has 0 spiro atoms. The number of hydrogen-bond acceptors (Lipinski definition) is 5. The summed E-state index contributed by atoms with van der Waals surface area (Å²) < 4.78 is 2.99. The maximum atomic E-state index is 12.7. The molecule has 2 heterocycles. The van der Waals surface area contributed by atoms with Gasteiger partial charge in [-0.3, -0.25) is 14.3 Å². The average Bonchev–Trinajstić information content (AvgIpc) is 2.94. The molecular formula is C20H23N5O2S. The monoisotopic (exact) mass is 397 g/mol. The van der Waals surface area contributed by atoms with Gasteiger partial charge in [0.05, 0.1) is 11.4 Å². The van der Waals surface area contributed by atoms with Crippen LogP contribution in [0.5, 0.6) is 0 Å². The number of aromatic nitrogens is 4. The number of hydrogen-bond donors (Lipinski definition) is 1. The molecule has 0 aliphatic rings. The lowest BCUT2D eigenvalue weighted by Crippen LogP contribution is -2.33. The molecule has 0 aliphatic carbocycles. The van der Waals surface area contributed by atoms with E-state index in [9.17, 15) is 9.59 Å². The van der Waals surface area contributed by atoms with Crippen molar-refractivity contribution in [3.05, 3.63) is 58.1 Å². The number of aryl methyl sites for hydroxylation is 2. The van der Waals surface area contributed by atoms with E-state index in [-0.39, 0.29) is 11.5 Å². The van der Waals surface area contributed by atoms with Crippen LogP contribution in [0.3, 0.4) is 0 Å². The van der Waals surface area contributed by atoms with Crippen LogP contribution in [0, 0.1) is 13.8 Å². The minimum absolute atomic E-state index is 0.303. The van der Waals surface area contributed by atoms with Crippen molar-refractivity contribution >= 4 is 23.4 Å². The highest BCUT2D eigenvalue weighted by molar-refractivity contribution is 7.98. The third-order valence-corrected chi connectivity index (χ3v) is 5.44. The molecule has 3 rings (SSSR count). The summed E-state index contributed by atoms with van der Waals surface area (Å²) in [7, 11) is 1.86. The topological polar surface area (TPSA) is 81.8 Å². The van der Waals surface area contributed by atoms with Crippen LogP contribution in [0.1, 0.15) is 24.4 Å². The van der Waals surface area contributed by atoms with Gasteiger partial charge in [-0.15, -0.1) is 11.8 Å². The van der Waals surface area contributed by atoms with E-state index in [4.69, 9.17) is 0 Å². The van der Waals surface area contributed by atoms with Crippen molar-refractivity contribution in [2.75, 3.05) is 11.6 Å². The first-order valence-electron chi connectivity index (χ1n) is 8.87.